The largest absolute Gasteiger partial charge is 0.380 e. The van der Waals surface area contributed by atoms with Crippen molar-refractivity contribution in [2.45, 2.75) is 32.9 Å². The van der Waals surface area contributed by atoms with Gasteiger partial charge in [-0.15, -0.1) is 0 Å². The van der Waals surface area contributed by atoms with E-state index < -0.39 is 6.10 Å². The minimum absolute atomic E-state index is 0.607. The van der Waals surface area contributed by atoms with Crippen LogP contribution >= 0.6 is 11.6 Å². The van der Waals surface area contributed by atoms with Gasteiger partial charge in [-0.05, 0) is 18.9 Å². The molecule has 1 heterocycles. The van der Waals surface area contributed by atoms with Crippen molar-refractivity contribution in [3.63, 3.8) is 0 Å². The maximum atomic E-state index is 10.4. The van der Waals surface area contributed by atoms with Crippen LogP contribution in [-0.4, -0.2) is 14.7 Å². The van der Waals surface area contributed by atoms with Crippen molar-refractivity contribution in [1.82, 2.24) is 9.55 Å². The van der Waals surface area contributed by atoms with Crippen LogP contribution in [0.4, 0.5) is 0 Å². The molecule has 0 aliphatic rings. The molecular formula is C14H17ClN2O. The van der Waals surface area contributed by atoms with Gasteiger partial charge in [-0.1, -0.05) is 36.7 Å². The molecule has 0 radical (unpaired) electrons. The van der Waals surface area contributed by atoms with Crippen LogP contribution in [0.1, 0.15) is 36.4 Å². The van der Waals surface area contributed by atoms with E-state index in [0.29, 0.717) is 16.4 Å². The van der Waals surface area contributed by atoms with Gasteiger partial charge in [-0.2, -0.15) is 0 Å². The smallest absolute Gasteiger partial charge is 0.142 e. The normalized spacial score (nSPS) is 12.7. The summed E-state index contributed by atoms with van der Waals surface area (Å²) >= 11 is 6.24. The van der Waals surface area contributed by atoms with Crippen LogP contribution in [0.3, 0.4) is 0 Å². The molecular weight excluding hydrogens is 248 g/mol. The van der Waals surface area contributed by atoms with Gasteiger partial charge in [0.25, 0.3) is 0 Å². The zero-order chi connectivity index (χ0) is 13.1. The van der Waals surface area contributed by atoms with Crippen LogP contribution in [0.2, 0.25) is 5.02 Å². The van der Waals surface area contributed by atoms with Gasteiger partial charge in [0.15, 0.2) is 0 Å². The molecule has 0 fully saturated rings. The number of rotatable bonds is 4. The molecule has 1 unspecified atom stereocenters. The third-order valence-electron chi connectivity index (χ3n) is 2.97. The van der Waals surface area contributed by atoms with E-state index in [-0.39, 0.29) is 0 Å². The molecule has 0 aliphatic heterocycles. The molecule has 0 saturated carbocycles. The van der Waals surface area contributed by atoms with Crippen LogP contribution < -0.4 is 0 Å². The number of aromatic nitrogens is 2. The third kappa shape index (κ3) is 2.42. The van der Waals surface area contributed by atoms with Crippen molar-refractivity contribution in [2.75, 3.05) is 0 Å². The Morgan fingerprint density at radius 1 is 1.44 bits per heavy atom. The van der Waals surface area contributed by atoms with Gasteiger partial charge in [0.05, 0.1) is 0 Å². The summed E-state index contributed by atoms with van der Waals surface area (Å²) in [5.74, 6) is 0.643. The highest BCUT2D eigenvalue weighted by atomic mass is 35.5. The van der Waals surface area contributed by atoms with E-state index in [4.69, 9.17) is 11.6 Å². The number of nitrogens with zero attached hydrogens (tertiary/aromatic N) is 2. The molecule has 0 bridgehead atoms. The van der Waals surface area contributed by atoms with Gasteiger partial charge in [0, 0.05) is 29.5 Å². The van der Waals surface area contributed by atoms with E-state index in [1.165, 1.54) is 0 Å². The summed E-state index contributed by atoms with van der Waals surface area (Å²) in [6.07, 6.45) is 3.81. The number of hydrogen-bond donors (Lipinski definition) is 1. The lowest BCUT2D eigenvalue weighted by Gasteiger charge is -2.15. The third-order valence-corrected chi connectivity index (χ3v) is 3.49. The second-order valence-corrected chi connectivity index (χ2v) is 4.74. The van der Waals surface area contributed by atoms with E-state index in [2.05, 4.69) is 11.9 Å². The summed E-state index contributed by atoms with van der Waals surface area (Å²) in [5.41, 5.74) is 1.67. The summed E-state index contributed by atoms with van der Waals surface area (Å²) in [7, 11) is 0. The van der Waals surface area contributed by atoms with Gasteiger partial charge in [0.2, 0.25) is 0 Å². The Morgan fingerprint density at radius 2 is 2.22 bits per heavy atom. The lowest BCUT2D eigenvalue weighted by molar-refractivity contribution is 0.204. The van der Waals surface area contributed by atoms with Gasteiger partial charge >= 0.3 is 0 Å². The number of aryl methyl sites for hydroxylation is 2. The molecule has 2 rings (SSSR count). The monoisotopic (exact) mass is 264 g/mol. The predicted octanol–water partition coefficient (Wildman–Crippen LogP) is 3.34. The van der Waals surface area contributed by atoms with E-state index >= 15 is 0 Å². The number of benzene rings is 1. The van der Waals surface area contributed by atoms with Crippen LogP contribution in [0.15, 0.2) is 30.6 Å². The van der Waals surface area contributed by atoms with Crippen molar-refractivity contribution in [3.05, 3.63) is 52.6 Å². The summed E-state index contributed by atoms with van der Waals surface area (Å²) in [6, 6.07) is 5.66. The Bertz CT molecular complexity index is 536. The minimum Gasteiger partial charge on any atom is -0.380 e. The minimum atomic E-state index is -0.779. The van der Waals surface area contributed by atoms with Crippen LogP contribution in [0, 0.1) is 6.92 Å². The maximum absolute atomic E-state index is 10.4. The highest BCUT2D eigenvalue weighted by Gasteiger charge is 2.19. The van der Waals surface area contributed by atoms with E-state index in [9.17, 15) is 5.11 Å². The molecule has 18 heavy (non-hydrogen) atoms. The van der Waals surface area contributed by atoms with Crippen LogP contribution in [0.5, 0.6) is 0 Å². The maximum Gasteiger partial charge on any atom is 0.142 e. The average Bonchev–Trinajstić information content (AvgIpc) is 2.80. The van der Waals surface area contributed by atoms with Gasteiger partial charge < -0.3 is 9.67 Å². The predicted molar refractivity (Wildman–Crippen MR) is 72.8 cm³/mol. The fourth-order valence-electron chi connectivity index (χ4n) is 2.02. The number of imidazole rings is 1. The topological polar surface area (TPSA) is 38.0 Å². The van der Waals surface area contributed by atoms with Crippen LogP contribution in [0.25, 0.3) is 0 Å². The zero-order valence-corrected chi connectivity index (χ0v) is 11.4. The second-order valence-electron chi connectivity index (χ2n) is 4.36. The summed E-state index contributed by atoms with van der Waals surface area (Å²) in [5, 5.41) is 11.0. The first-order valence-corrected chi connectivity index (χ1v) is 6.47. The molecule has 0 saturated heterocycles. The SMILES string of the molecule is CCCn1ccnc1C(O)c1cccc(C)c1Cl. The molecule has 1 atom stereocenters. The Hall–Kier alpha value is -1.32. The second kappa shape index (κ2) is 5.55. The Morgan fingerprint density at radius 3 is 2.94 bits per heavy atom. The molecule has 0 aliphatic carbocycles. The van der Waals surface area contributed by atoms with Crippen LogP contribution in [-0.2, 0) is 6.54 Å². The van der Waals surface area contributed by atoms with Crippen molar-refractivity contribution in [3.8, 4) is 0 Å². The number of aliphatic hydroxyl groups excluding tert-OH is 1. The van der Waals surface area contributed by atoms with Crippen molar-refractivity contribution >= 4 is 11.6 Å². The molecule has 0 spiro atoms. The number of hydrogen-bond acceptors (Lipinski definition) is 2. The lowest BCUT2D eigenvalue weighted by atomic mass is 10.1. The molecule has 4 heteroatoms. The average molecular weight is 265 g/mol. The van der Waals surface area contributed by atoms with Gasteiger partial charge in [-0.3, -0.25) is 0 Å². The quantitative estimate of drug-likeness (QED) is 0.920. The molecule has 1 N–H and O–H groups in total. The standard InChI is InChI=1S/C14H17ClN2O/c1-3-8-17-9-7-16-14(17)13(18)11-6-4-5-10(2)12(11)15/h4-7,9,13,18H,3,8H2,1-2H3. The van der Waals surface area contributed by atoms with Crippen molar-refractivity contribution < 1.29 is 5.11 Å². The highest BCUT2D eigenvalue weighted by Crippen LogP contribution is 2.29. The first-order valence-electron chi connectivity index (χ1n) is 6.09. The lowest BCUT2D eigenvalue weighted by Crippen LogP contribution is -2.10. The molecule has 3 nitrogen and oxygen atoms in total. The number of halogens is 1. The van der Waals surface area contributed by atoms with Gasteiger partial charge in [0.1, 0.15) is 11.9 Å². The van der Waals surface area contributed by atoms with E-state index in [1.54, 1.807) is 6.20 Å². The summed E-state index contributed by atoms with van der Waals surface area (Å²) in [4.78, 5) is 4.24. The zero-order valence-electron chi connectivity index (χ0n) is 10.6. The summed E-state index contributed by atoms with van der Waals surface area (Å²) < 4.78 is 1.96. The fraction of sp³-hybridized carbons (Fsp3) is 0.357. The first-order chi connectivity index (χ1) is 8.65. The first kappa shape index (κ1) is 13.1. The molecule has 96 valence electrons. The Kier molecular flexibility index (Phi) is 4.04. The fourth-order valence-corrected chi connectivity index (χ4v) is 2.25. The molecule has 1 aromatic carbocycles. The van der Waals surface area contributed by atoms with E-state index in [0.717, 1.165) is 18.5 Å². The van der Waals surface area contributed by atoms with E-state index in [1.807, 2.05) is 35.9 Å². The highest BCUT2D eigenvalue weighted by molar-refractivity contribution is 6.32. The molecule has 1 aromatic heterocycles. The summed E-state index contributed by atoms with van der Waals surface area (Å²) in [6.45, 7) is 4.86. The molecule has 0 amide bonds. The number of aliphatic hydroxyl groups is 1. The van der Waals surface area contributed by atoms with Gasteiger partial charge in [-0.25, -0.2) is 4.98 Å². The van der Waals surface area contributed by atoms with Crippen molar-refractivity contribution in [2.24, 2.45) is 0 Å². The Balaban J connectivity index is 2.38. The van der Waals surface area contributed by atoms with Crippen molar-refractivity contribution in [1.29, 1.82) is 0 Å². The Labute approximate surface area is 112 Å². The molecule has 2 aromatic rings.